The predicted molar refractivity (Wildman–Crippen MR) is 90.4 cm³/mol. The maximum atomic E-state index is 12.1. The molecule has 0 fully saturated rings. The molecule has 1 N–H and O–H groups in total. The number of hydrogen-bond acceptors (Lipinski definition) is 4. The van der Waals surface area contributed by atoms with Gasteiger partial charge in [-0.2, -0.15) is 0 Å². The number of hydrogen-bond donors (Lipinski definition) is 1. The lowest BCUT2D eigenvalue weighted by Crippen LogP contribution is -2.18. The first kappa shape index (κ1) is 15.7. The van der Waals surface area contributed by atoms with E-state index in [4.69, 9.17) is 4.74 Å². The first-order valence-corrected chi connectivity index (χ1v) is 7.43. The maximum Gasteiger partial charge on any atom is 0.355 e. The fraction of sp³-hybridized carbons (Fsp3) is 0.105. The highest BCUT2D eigenvalue weighted by molar-refractivity contribution is 5.99. The molecule has 0 atom stereocenters. The maximum absolute atomic E-state index is 12.1. The zero-order valence-electron chi connectivity index (χ0n) is 13.0. The summed E-state index contributed by atoms with van der Waals surface area (Å²) in [5.74, 6) is -1.04. The van der Waals surface area contributed by atoms with Gasteiger partial charge in [-0.15, -0.1) is 0 Å². The molecular weight excluding hydrogens is 306 g/mol. The summed E-state index contributed by atoms with van der Waals surface area (Å²) in [4.78, 5) is 38.6. The van der Waals surface area contributed by atoms with Gasteiger partial charge in [0.05, 0.1) is 0 Å². The molecule has 1 aromatic heterocycles. The predicted octanol–water partition coefficient (Wildman–Crippen LogP) is 2.88. The van der Waals surface area contributed by atoms with E-state index in [-0.39, 0.29) is 23.6 Å². The van der Waals surface area contributed by atoms with Crippen LogP contribution in [-0.4, -0.2) is 23.3 Å². The van der Waals surface area contributed by atoms with Crippen LogP contribution in [0.4, 0.5) is 0 Å². The van der Waals surface area contributed by atoms with Gasteiger partial charge in [-0.3, -0.25) is 9.59 Å². The summed E-state index contributed by atoms with van der Waals surface area (Å²) in [6.07, 6.45) is 0. The Bertz CT molecular complexity index is 971. The van der Waals surface area contributed by atoms with Crippen LogP contribution in [0.25, 0.3) is 10.8 Å². The van der Waals surface area contributed by atoms with Gasteiger partial charge in [0, 0.05) is 10.9 Å². The number of aryl methyl sites for hydroxylation is 1. The van der Waals surface area contributed by atoms with Crippen LogP contribution in [0, 0.1) is 6.92 Å². The highest BCUT2D eigenvalue weighted by Crippen LogP contribution is 2.11. The summed E-state index contributed by atoms with van der Waals surface area (Å²) < 4.78 is 5.02. The second kappa shape index (κ2) is 6.50. The van der Waals surface area contributed by atoms with Crippen molar-refractivity contribution in [2.24, 2.45) is 0 Å². The standard InChI is InChI=1S/C19H15NO4/c1-12-6-8-13(9-7-12)17(21)11-24-19(23)16-10-14-4-2-3-5-15(14)18(22)20-16/h2-10H,11H2,1H3,(H,20,22). The lowest BCUT2D eigenvalue weighted by Gasteiger charge is -2.06. The van der Waals surface area contributed by atoms with Gasteiger partial charge < -0.3 is 9.72 Å². The summed E-state index contributed by atoms with van der Waals surface area (Å²) in [5, 5.41) is 1.13. The molecule has 0 unspecified atom stereocenters. The molecule has 0 saturated heterocycles. The van der Waals surface area contributed by atoms with Crippen LogP contribution < -0.4 is 5.56 Å². The molecule has 0 saturated carbocycles. The van der Waals surface area contributed by atoms with Crippen LogP contribution in [0.2, 0.25) is 0 Å². The Morgan fingerprint density at radius 2 is 1.75 bits per heavy atom. The van der Waals surface area contributed by atoms with Crippen LogP contribution in [0.15, 0.2) is 59.4 Å². The molecule has 1 heterocycles. The van der Waals surface area contributed by atoms with Crippen molar-refractivity contribution in [3.8, 4) is 0 Å². The summed E-state index contributed by atoms with van der Waals surface area (Å²) >= 11 is 0. The van der Waals surface area contributed by atoms with E-state index in [1.54, 1.807) is 36.4 Å². The van der Waals surface area contributed by atoms with Crippen molar-refractivity contribution >= 4 is 22.5 Å². The van der Waals surface area contributed by atoms with Gasteiger partial charge in [0.1, 0.15) is 5.69 Å². The number of ether oxygens (including phenoxy) is 1. The van der Waals surface area contributed by atoms with E-state index < -0.39 is 5.97 Å². The van der Waals surface area contributed by atoms with E-state index in [0.29, 0.717) is 16.3 Å². The second-order valence-electron chi connectivity index (χ2n) is 5.46. The number of rotatable bonds is 4. The second-order valence-corrected chi connectivity index (χ2v) is 5.46. The molecule has 0 aliphatic carbocycles. The van der Waals surface area contributed by atoms with Gasteiger partial charge in [-0.1, -0.05) is 48.0 Å². The molecule has 24 heavy (non-hydrogen) atoms. The number of Topliss-reactive ketones (excluding diaryl/α,β-unsaturated/α-hetero) is 1. The molecule has 3 rings (SSSR count). The van der Waals surface area contributed by atoms with Gasteiger partial charge in [0.25, 0.3) is 5.56 Å². The molecule has 0 spiro atoms. The number of pyridine rings is 1. The van der Waals surface area contributed by atoms with E-state index in [1.165, 1.54) is 6.07 Å². The van der Waals surface area contributed by atoms with Crippen molar-refractivity contribution in [2.75, 3.05) is 6.61 Å². The number of fused-ring (bicyclic) bond motifs is 1. The lowest BCUT2D eigenvalue weighted by molar-refractivity contribution is 0.0469. The smallest absolute Gasteiger partial charge is 0.355 e. The zero-order chi connectivity index (χ0) is 17.1. The zero-order valence-corrected chi connectivity index (χ0v) is 13.0. The van der Waals surface area contributed by atoms with Crippen molar-refractivity contribution in [1.82, 2.24) is 4.98 Å². The molecule has 5 nitrogen and oxygen atoms in total. The number of aromatic nitrogens is 1. The number of ketones is 1. The molecule has 5 heteroatoms. The highest BCUT2D eigenvalue weighted by Gasteiger charge is 2.14. The normalized spacial score (nSPS) is 10.5. The first-order valence-electron chi connectivity index (χ1n) is 7.43. The van der Waals surface area contributed by atoms with Crippen LogP contribution in [0.1, 0.15) is 26.4 Å². The number of carbonyl (C=O) groups is 2. The van der Waals surface area contributed by atoms with E-state index in [1.807, 2.05) is 19.1 Å². The van der Waals surface area contributed by atoms with Crippen molar-refractivity contribution in [1.29, 1.82) is 0 Å². The van der Waals surface area contributed by atoms with E-state index in [2.05, 4.69) is 4.98 Å². The van der Waals surface area contributed by atoms with Crippen molar-refractivity contribution in [3.63, 3.8) is 0 Å². The molecule has 120 valence electrons. The molecule has 0 aliphatic heterocycles. The first-order chi connectivity index (χ1) is 11.5. The Hall–Kier alpha value is -3.21. The minimum Gasteiger partial charge on any atom is -0.453 e. The number of nitrogens with one attached hydrogen (secondary N) is 1. The van der Waals surface area contributed by atoms with E-state index >= 15 is 0 Å². The van der Waals surface area contributed by atoms with Gasteiger partial charge >= 0.3 is 5.97 Å². The number of carbonyl (C=O) groups excluding carboxylic acids is 2. The summed E-state index contributed by atoms with van der Waals surface area (Å²) in [7, 11) is 0. The summed E-state index contributed by atoms with van der Waals surface area (Å²) in [6, 6.07) is 15.5. The minimum absolute atomic E-state index is 0.0235. The Morgan fingerprint density at radius 1 is 1.04 bits per heavy atom. The summed E-state index contributed by atoms with van der Waals surface area (Å²) in [6.45, 7) is 1.54. The largest absolute Gasteiger partial charge is 0.453 e. The van der Waals surface area contributed by atoms with Crippen LogP contribution in [-0.2, 0) is 4.74 Å². The Morgan fingerprint density at radius 3 is 2.50 bits per heavy atom. The quantitative estimate of drug-likeness (QED) is 0.592. The number of aromatic amines is 1. The lowest BCUT2D eigenvalue weighted by atomic mass is 10.1. The van der Waals surface area contributed by atoms with Crippen LogP contribution >= 0.6 is 0 Å². The molecule has 0 radical (unpaired) electrons. The van der Waals surface area contributed by atoms with Crippen molar-refractivity contribution < 1.29 is 14.3 Å². The fourth-order valence-electron chi connectivity index (χ4n) is 2.35. The molecule has 0 aliphatic rings. The highest BCUT2D eigenvalue weighted by atomic mass is 16.5. The monoisotopic (exact) mass is 321 g/mol. The topological polar surface area (TPSA) is 76.2 Å². The van der Waals surface area contributed by atoms with E-state index in [9.17, 15) is 14.4 Å². The van der Waals surface area contributed by atoms with Gasteiger partial charge in [-0.25, -0.2) is 4.79 Å². The van der Waals surface area contributed by atoms with Gasteiger partial charge in [-0.05, 0) is 24.4 Å². The van der Waals surface area contributed by atoms with Crippen molar-refractivity contribution in [2.45, 2.75) is 6.92 Å². The molecule has 3 aromatic rings. The number of benzene rings is 2. The Labute approximate surface area is 137 Å². The summed E-state index contributed by atoms with van der Waals surface area (Å²) in [5.41, 5.74) is 1.16. The molecule has 2 aromatic carbocycles. The SMILES string of the molecule is Cc1ccc(C(=O)COC(=O)c2cc3ccccc3c(=O)[nH]2)cc1. The molecule has 0 amide bonds. The molecule has 0 bridgehead atoms. The Kier molecular flexibility index (Phi) is 4.24. The van der Waals surface area contributed by atoms with E-state index in [0.717, 1.165) is 5.56 Å². The third-order valence-corrected chi connectivity index (χ3v) is 3.68. The van der Waals surface area contributed by atoms with Crippen LogP contribution in [0.3, 0.4) is 0 Å². The number of H-pyrrole nitrogens is 1. The minimum atomic E-state index is -0.738. The third-order valence-electron chi connectivity index (χ3n) is 3.68. The van der Waals surface area contributed by atoms with Crippen molar-refractivity contribution in [3.05, 3.63) is 81.8 Å². The molecular formula is C19H15NO4. The van der Waals surface area contributed by atoms with Gasteiger partial charge in [0.15, 0.2) is 12.4 Å². The van der Waals surface area contributed by atoms with Crippen LogP contribution in [0.5, 0.6) is 0 Å². The number of esters is 1. The van der Waals surface area contributed by atoms with Gasteiger partial charge in [0.2, 0.25) is 0 Å². The average Bonchev–Trinajstić information content (AvgIpc) is 2.60. The third kappa shape index (κ3) is 3.25. The average molecular weight is 321 g/mol. The fourth-order valence-corrected chi connectivity index (χ4v) is 2.35. The Balaban J connectivity index is 1.74.